The molecule has 0 saturated heterocycles. The van der Waals surface area contributed by atoms with Crippen LogP contribution in [0.3, 0.4) is 0 Å². The first-order valence-corrected chi connectivity index (χ1v) is 12.1. The number of hydrogen-bond acceptors (Lipinski definition) is 7. The highest BCUT2D eigenvalue weighted by atomic mass is 35.5. The molecule has 32 heavy (non-hydrogen) atoms. The molecule has 0 saturated carbocycles. The van der Waals surface area contributed by atoms with E-state index >= 15 is 0 Å². The second-order valence-corrected chi connectivity index (χ2v) is 9.23. The van der Waals surface area contributed by atoms with Crippen LogP contribution in [0.2, 0.25) is 10.0 Å². The zero-order valence-electron chi connectivity index (χ0n) is 18.2. The second kappa shape index (κ2) is 11.6. The third-order valence-corrected chi connectivity index (χ3v) is 5.82. The van der Waals surface area contributed by atoms with E-state index in [0.29, 0.717) is 34.0 Å². The molecule has 3 rings (SSSR count). The molecule has 0 aliphatic heterocycles. The zero-order valence-corrected chi connectivity index (χ0v) is 20.5. The maximum atomic E-state index is 12.2. The van der Waals surface area contributed by atoms with Crippen molar-refractivity contribution in [1.82, 2.24) is 25.1 Å². The number of carbonyl (C=O) groups is 1. The number of nitrogens with zero attached hydrogens (tertiary/aromatic N) is 4. The van der Waals surface area contributed by atoms with Crippen LogP contribution < -0.4 is 15.4 Å². The van der Waals surface area contributed by atoms with Gasteiger partial charge < -0.3 is 15.4 Å². The maximum absolute atomic E-state index is 12.2. The molecule has 1 amide bonds. The summed E-state index contributed by atoms with van der Waals surface area (Å²) in [5.41, 5.74) is 0.736. The first kappa shape index (κ1) is 24.4. The predicted octanol–water partition coefficient (Wildman–Crippen LogP) is 4.65. The molecule has 0 spiro atoms. The van der Waals surface area contributed by atoms with Crippen LogP contribution in [-0.2, 0) is 11.3 Å². The van der Waals surface area contributed by atoms with Crippen molar-refractivity contribution < 1.29 is 9.53 Å². The van der Waals surface area contributed by atoms with E-state index in [1.165, 1.54) is 0 Å². The summed E-state index contributed by atoms with van der Waals surface area (Å²) in [6.45, 7) is 6.94. The molecule has 1 aromatic carbocycles. The summed E-state index contributed by atoms with van der Waals surface area (Å²) in [4.78, 5) is 21.5. The fraction of sp³-hybridized carbons (Fsp3) is 0.429. The Bertz CT molecular complexity index is 1080. The third-order valence-electron chi connectivity index (χ3n) is 4.23. The molecular formula is C21H26Cl2N6O2S. The number of aromatic nitrogens is 4. The number of rotatable bonds is 11. The van der Waals surface area contributed by atoms with Crippen LogP contribution in [0, 0.1) is 0 Å². The van der Waals surface area contributed by atoms with Gasteiger partial charge in [0.2, 0.25) is 0 Å². The number of benzene rings is 1. The van der Waals surface area contributed by atoms with Gasteiger partial charge in [-0.25, -0.2) is 14.6 Å². The molecule has 2 heterocycles. The van der Waals surface area contributed by atoms with Gasteiger partial charge in [-0.2, -0.15) is 5.10 Å². The highest BCUT2D eigenvalue weighted by Gasteiger charge is 2.14. The third kappa shape index (κ3) is 6.63. The molecule has 8 nitrogen and oxygen atoms in total. The standard InChI is InChI=1S/C21H26Cl2N6O2S/c1-4-9-32-21-27-19(26-13(2)3)15-11-25-29(20(15)28-21)8-7-24-18(30)12-31-17-6-5-14(22)10-16(17)23/h5-6,10-11,13H,4,7-9,12H2,1-3H3,(H,24,30)(H,26,27,28). The van der Waals surface area contributed by atoms with E-state index in [0.717, 1.165) is 29.0 Å². The van der Waals surface area contributed by atoms with Crippen LogP contribution in [0.5, 0.6) is 5.75 Å². The summed E-state index contributed by atoms with van der Waals surface area (Å²) in [6.07, 6.45) is 2.79. The Morgan fingerprint density at radius 2 is 2.09 bits per heavy atom. The van der Waals surface area contributed by atoms with Crippen LogP contribution in [-0.4, -0.2) is 50.6 Å². The number of nitrogens with one attached hydrogen (secondary N) is 2. The number of halogens is 2. The molecular weight excluding hydrogens is 471 g/mol. The summed E-state index contributed by atoms with van der Waals surface area (Å²) >= 11 is 13.5. The van der Waals surface area contributed by atoms with Gasteiger partial charge in [-0.3, -0.25) is 4.79 Å². The Kier molecular flexibility index (Phi) is 8.84. The molecule has 0 bridgehead atoms. The van der Waals surface area contributed by atoms with Gasteiger partial charge in [0.15, 0.2) is 17.4 Å². The lowest BCUT2D eigenvalue weighted by Crippen LogP contribution is -2.31. The van der Waals surface area contributed by atoms with E-state index in [9.17, 15) is 4.79 Å². The smallest absolute Gasteiger partial charge is 0.258 e. The van der Waals surface area contributed by atoms with Gasteiger partial charge in [0.05, 0.1) is 23.2 Å². The first-order chi connectivity index (χ1) is 15.4. The van der Waals surface area contributed by atoms with Gasteiger partial charge in [-0.1, -0.05) is 41.9 Å². The zero-order chi connectivity index (χ0) is 23.1. The lowest BCUT2D eigenvalue weighted by molar-refractivity contribution is -0.123. The second-order valence-electron chi connectivity index (χ2n) is 7.32. The predicted molar refractivity (Wildman–Crippen MR) is 130 cm³/mol. The van der Waals surface area contributed by atoms with Crippen LogP contribution >= 0.6 is 35.0 Å². The number of amides is 1. The summed E-state index contributed by atoms with van der Waals surface area (Å²) in [5.74, 6) is 1.85. The first-order valence-electron chi connectivity index (χ1n) is 10.3. The molecule has 2 aromatic heterocycles. The fourth-order valence-corrected chi connectivity index (χ4v) is 3.98. The van der Waals surface area contributed by atoms with Crippen molar-refractivity contribution in [1.29, 1.82) is 0 Å². The van der Waals surface area contributed by atoms with E-state index in [1.807, 2.05) is 0 Å². The van der Waals surface area contributed by atoms with Gasteiger partial charge in [0.1, 0.15) is 11.6 Å². The van der Waals surface area contributed by atoms with E-state index < -0.39 is 0 Å². The minimum absolute atomic E-state index is 0.149. The van der Waals surface area contributed by atoms with Crippen molar-refractivity contribution in [3.8, 4) is 5.75 Å². The van der Waals surface area contributed by atoms with E-state index in [2.05, 4.69) is 46.5 Å². The van der Waals surface area contributed by atoms with E-state index in [4.69, 9.17) is 27.9 Å². The summed E-state index contributed by atoms with van der Waals surface area (Å²) in [6, 6.07) is 5.08. The fourth-order valence-electron chi connectivity index (χ4n) is 2.83. The minimum atomic E-state index is -0.261. The summed E-state index contributed by atoms with van der Waals surface area (Å²) in [7, 11) is 0. The SMILES string of the molecule is CCCSc1nc(NC(C)C)c2cnn(CCNC(=O)COc3ccc(Cl)cc3Cl)c2n1. The van der Waals surface area contributed by atoms with Crippen molar-refractivity contribution in [2.45, 2.75) is 44.9 Å². The van der Waals surface area contributed by atoms with Gasteiger partial charge in [-0.15, -0.1) is 0 Å². The number of ether oxygens (including phenoxy) is 1. The number of hydrogen-bond donors (Lipinski definition) is 2. The molecule has 172 valence electrons. The van der Waals surface area contributed by atoms with Gasteiger partial charge in [0, 0.05) is 23.4 Å². The van der Waals surface area contributed by atoms with Crippen LogP contribution in [0.15, 0.2) is 29.6 Å². The lowest BCUT2D eigenvalue weighted by Gasteiger charge is -2.12. The Morgan fingerprint density at radius 3 is 2.81 bits per heavy atom. The van der Waals surface area contributed by atoms with Crippen molar-refractivity contribution in [3.05, 3.63) is 34.4 Å². The highest BCUT2D eigenvalue weighted by Crippen LogP contribution is 2.27. The quantitative estimate of drug-likeness (QED) is 0.294. The monoisotopic (exact) mass is 496 g/mol. The topological polar surface area (TPSA) is 94.0 Å². The number of carbonyl (C=O) groups excluding carboxylic acids is 1. The van der Waals surface area contributed by atoms with Gasteiger partial charge in [0.25, 0.3) is 5.91 Å². The van der Waals surface area contributed by atoms with E-state index in [1.54, 1.807) is 40.8 Å². The molecule has 0 aliphatic carbocycles. The Labute approximate surface area is 201 Å². The Morgan fingerprint density at radius 1 is 1.28 bits per heavy atom. The average molecular weight is 497 g/mol. The van der Waals surface area contributed by atoms with Crippen molar-refractivity contribution >= 4 is 57.7 Å². The highest BCUT2D eigenvalue weighted by molar-refractivity contribution is 7.99. The van der Waals surface area contributed by atoms with Crippen molar-refractivity contribution in [3.63, 3.8) is 0 Å². The number of anilines is 1. The van der Waals surface area contributed by atoms with Crippen molar-refractivity contribution in [2.24, 2.45) is 0 Å². The maximum Gasteiger partial charge on any atom is 0.258 e. The van der Waals surface area contributed by atoms with E-state index in [-0.39, 0.29) is 18.6 Å². The molecule has 0 radical (unpaired) electrons. The normalized spacial score (nSPS) is 11.2. The van der Waals surface area contributed by atoms with Gasteiger partial charge in [-0.05, 0) is 38.5 Å². The van der Waals surface area contributed by atoms with Crippen LogP contribution in [0.4, 0.5) is 5.82 Å². The van der Waals surface area contributed by atoms with Crippen LogP contribution in [0.25, 0.3) is 11.0 Å². The average Bonchev–Trinajstić information content (AvgIpc) is 3.14. The molecule has 0 unspecified atom stereocenters. The van der Waals surface area contributed by atoms with Crippen LogP contribution in [0.1, 0.15) is 27.2 Å². The largest absolute Gasteiger partial charge is 0.482 e. The molecule has 3 aromatic rings. The Balaban J connectivity index is 1.62. The molecule has 0 fully saturated rings. The molecule has 0 atom stereocenters. The molecule has 2 N–H and O–H groups in total. The minimum Gasteiger partial charge on any atom is -0.482 e. The summed E-state index contributed by atoms with van der Waals surface area (Å²) < 4.78 is 7.23. The number of thioether (sulfide) groups is 1. The number of fused-ring (bicyclic) bond motifs is 1. The summed E-state index contributed by atoms with van der Waals surface area (Å²) in [5, 5.41) is 13.1. The Hall–Kier alpha value is -2.23. The van der Waals surface area contributed by atoms with Gasteiger partial charge >= 0.3 is 0 Å². The molecule has 0 aliphatic rings. The van der Waals surface area contributed by atoms with Crippen molar-refractivity contribution in [2.75, 3.05) is 24.2 Å². The molecule has 11 heteroatoms. The lowest BCUT2D eigenvalue weighted by atomic mass is 10.3.